The van der Waals surface area contributed by atoms with Crippen LogP contribution in [0.25, 0.3) is 0 Å². The molecule has 1 aliphatic rings. The molecule has 1 fully saturated rings. The SMILES string of the molecule is CCOc1ccc(CC2(N)CC2)cc1F. The van der Waals surface area contributed by atoms with E-state index >= 15 is 0 Å². The van der Waals surface area contributed by atoms with Gasteiger partial charge < -0.3 is 10.5 Å². The number of ether oxygens (including phenoxy) is 1. The molecule has 2 rings (SSSR count). The number of hydrogen-bond acceptors (Lipinski definition) is 2. The normalized spacial score (nSPS) is 17.5. The zero-order valence-electron chi connectivity index (χ0n) is 8.92. The molecule has 0 bridgehead atoms. The Morgan fingerprint density at radius 2 is 2.20 bits per heavy atom. The van der Waals surface area contributed by atoms with Gasteiger partial charge in [0.05, 0.1) is 6.61 Å². The lowest BCUT2D eigenvalue weighted by Crippen LogP contribution is -2.24. The van der Waals surface area contributed by atoms with Gasteiger partial charge in [-0.3, -0.25) is 0 Å². The van der Waals surface area contributed by atoms with E-state index < -0.39 is 0 Å². The molecule has 3 heteroatoms. The summed E-state index contributed by atoms with van der Waals surface area (Å²) in [5.74, 6) is 0.0294. The summed E-state index contributed by atoms with van der Waals surface area (Å²) in [6.07, 6.45) is 2.85. The summed E-state index contributed by atoms with van der Waals surface area (Å²) in [5.41, 5.74) is 6.86. The average molecular weight is 209 g/mol. The topological polar surface area (TPSA) is 35.2 Å². The second-order valence-corrected chi connectivity index (χ2v) is 4.24. The molecule has 1 aliphatic carbocycles. The highest BCUT2D eigenvalue weighted by molar-refractivity contribution is 5.31. The van der Waals surface area contributed by atoms with Crippen molar-refractivity contribution < 1.29 is 9.13 Å². The lowest BCUT2D eigenvalue weighted by Gasteiger charge is -2.10. The molecule has 0 atom stereocenters. The quantitative estimate of drug-likeness (QED) is 0.825. The van der Waals surface area contributed by atoms with Gasteiger partial charge in [-0.15, -0.1) is 0 Å². The van der Waals surface area contributed by atoms with Crippen LogP contribution in [0.4, 0.5) is 4.39 Å². The van der Waals surface area contributed by atoms with Crippen LogP contribution in [-0.4, -0.2) is 12.1 Å². The van der Waals surface area contributed by atoms with Crippen molar-refractivity contribution in [2.75, 3.05) is 6.61 Å². The first-order chi connectivity index (χ1) is 7.13. The third-order valence-corrected chi connectivity index (χ3v) is 2.74. The zero-order chi connectivity index (χ0) is 10.9. The molecule has 15 heavy (non-hydrogen) atoms. The van der Waals surface area contributed by atoms with Crippen molar-refractivity contribution in [1.82, 2.24) is 0 Å². The maximum atomic E-state index is 13.5. The van der Waals surface area contributed by atoms with Crippen molar-refractivity contribution in [2.24, 2.45) is 5.73 Å². The summed E-state index contributed by atoms with van der Waals surface area (Å²) in [7, 11) is 0. The number of halogens is 1. The van der Waals surface area contributed by atoms with Crippen molar-refractivity contribution in [3.8, 4) is 5.75 Å². The van der Waals surface area contributed by atoms with E-state index in [2.05, 4.69) is 0 Å². The van der Waals surface area contributed by atoms with Crippen LogP contribution in [0.2, 0.25) is 0 Å². The minimum atomic E-state index is -0.293. The second-order valence-electron chi connectivity index (χ2n) is 4.24. The van der Waals surface area contributed by atoms with Gasteiger partial charge in [0.15, 0.2) is 11.6 Å². The van der Waals surface area contributed by atoms with Gasteiger partial charge in [0, 0.05) is 5.54 Å². The first-order valence-electron chi connectivity index (χ1n) is 5.33. The predicted octanol–water partition coefficient (Wildman–Crippen LogP) is 2.26. The maximum Gasteiger partial charge on any atom is 0.165 e. The monoisotopic (exact) mass is 209 g/mol. The molecule has 1 saturated carbocycles. The molecule has 0 spiro atoms. The van der Waals surface area contributed by atoms with Gasteiger partial charge in [0.25, 0.3) is 0 Å². The lowest BCUT2D eigenvalue weighted by atomic mass is 10.0. The smallest absolute Gasteiger partial charge is 0.165 e. The summed E-state index contributed by atoms with van der Waals surface area (Å²) in [4.78, 5) is 0. The first-order valence-corrected chi connectivity index (χ1v) is 5.33. The Balaban J connectivity index is 2.10. The van der Waals surface area contributed by atoms with Crippen LogP contribution >= 0.6 is 0 Å². The second kappa shape index (κ2) is 3.81. The first kappa shape index (κ1) is 10.4. The van der Waals surface area contributed by atoms with E-state index in [1.54, 1.807) is 6.07 Å². The Hall–Kier alpha value is -1.09. The number of hydrogen-bond donors (Lipinski definition) is 1. The lowest BCUT2D eigenvalue weighted by molar-refractivity contribution is 0.321. The summed E-state index contributed by atoms with van der Waals surface area (Å²) >= 11 is 0. The van der Waals surface area contributed by atoms with Crippen molar-refractivity contribution in [3.05, 3.63) is 29.6 Å². The molecule has 0 aliphatic heterocycles. The standard InChI is InChI=1S/C12H16FNO/c1-2-15-11-4-3-9(7-10(11)13)8-12(14)5-6-12/h3-4,7H,2,5-6,8,14H2,1H3. The van der Waals surface area contributed by atoms with Gasteiger partial charge in [-0.05, 0) is 43.9 Å². The Bertz CT molecular complexity index is 361. The highest BCUT2D eigenvalue weighted by Crippen LogP contribution is 2.36. The van der Waals surface area contributed by atoms with Crippen LogP contribution < -0.4 is 10.5 Å². The van der Waals surface area contributed by atoms with E-state index in [0.717, 1.165) is 24.8 Å². The van der Waals surface area contributed by atoms with Gasteiger partial charge in [-0.25, -0.2) is 4.39 Å². The predicted molar refractivity (Wildman–Crippen MR) is 57.4 cm³/mol. The molecule has 0 saturated heterocycles. The summed E-state index contributed by atoms with van der Waals surface area (Å²) < 4.78 is 18.6. The summed E-state index contributed by atoms with van der Waals surface area (Å²) in [6, 6.07) is 5.10. The van der Waals surface area contributed by atoms with Crippen molar-refractivity contribution in [3.63, 3.8) is 0 Å². The van der Waals surface area contributed by atoms with Crippen molar-refractivity contribution in [1.29, 1.82) is 0 Å². The van der Waals surface area contributed by atoms with Crippen LogP contribution in [0.5, 0.6) is 5.75 Å². The average Bonchev–Trinajstić information content (AvgIpc) is 2.89. The van der Waals surface area contributed by atoms with Gasteiger partial charge in [-0.2, -0.15) is 0 Å². The number of rotatable bonds is 4. The molecule has 2 nitrogen and oxygen atoms in total. The van der Waals surface area contributed by atoms with Gasteiger partial charge in [0.2, 0.25) is 0 Å². The van der Waals surface area contributed by atoms with Crippen LogP contribution in [0.15, 0.2) is 18.2 Å². The zero-order valence-corrected chi connectivity index (χ0v) is 8.92. The van der Waals surface area contributed by atoms with E-state index in [-0.39, 0.29) is 11.4 Å². The molecular formula is C12H16FNO. The fraction of sp³-hybridized carbons (Fsp3) is 0.500. The summed E-state index contributed by atoms with van der Waals surface area (Å²) in [5, 5.41) is 0. The Morgan fingerprint density at radius 3 is 2.73 bits per heavy atom. The Labute approximate surface area is 89.2 Å². The van der Waals surface area contributed by atoms with E-state index in [9.17, 15) is 4.39 Å². The van der Waals surface area contributed by atoms with E-state index in [1.165, 1.54) is 6.07 Å². The van der Waals surface area contributed by atoms with Crippen molar-refractivity contribution in [2.45, 2.75) is 31.7 Å². The molecule has 0 unspecified atom stereocenters. The molecule has 1 aromatic rings. The maximum absolute atomic E-state index is 13.5. The molecule has 0 radical (unpaired) electrons. The van der Waals surface area contributed by atoms with Gasteiger partial charge in [-0.1, -0.05) is 6.07 Å². The van der Waals surface area contributed by atoms with E-state index in [1.807, 2.05) is 13.0 Å². The molecule has 2 N–H and O–H groups in total. The van der Waals surface area contributed by atoms with E-state index in [0.29, 0.717) is 12.4 Å². The fourth-order valence-electron chi connectivity index (χ4n) is 1.67. The van der Waals surface area contributed by atoms with Gasteiger partial charge >= 0.3 is 0 Å². The highest BCUT2D eigenvalue weighted by Gasteiger charge is 2.38. The largest absolute Gasteiger partial charge is 0.491 e. The van der Waals surface area contributed by atoms with Gasteiger partial charge in [0.1, 0.15) is 0 Å². The highest BCUT2D eigenvalue weighted by atomic mass is 19.1. The van der Waals surface area contributed by atoms with Crippen LogP contribution in [0.1, 0.15) is 25.3 Å². The van der Waals surface area contributed by atoms with Crippen molar-refractivity contribution >= 4 is 0 Å². The third-order valence-electron chi connectivity index (χ3n) is 2.74. The molecule has 0 heterocycles. The third kappa shape index (κ3) is 2.48. The molecule has 0 amide bonds. The molecular weight excluding hydrogens is 193 g/mol. The molecule has 1 aromatic carbocycles. The summed E-state index contributed by atoms with van der Waals surface area (Å²) in [6.45, 7) is 2.32. The Kier molecular flexibility index (Phi) is 2.65. The number of nitrogens with two attached hydrogens (primary N) is 1. The molecule has 82 valence electrons. The molecule has 0 aromatic heterocycles. The Morgan fingerprint density at radius 1 is 1.47 bits per heavy atom. The van der Waals surface area contributed by atoms with Crippen LogP contribution in [0, 0.1) is 5.82 Å². The number of benzene rings is 1. The van der Waals surface area contributed by atoms with Crippen LogP contribution in [0.3, 0.4) is 0 Å². The minimum Gasteiger partial charge on any atom is -0.491 e. The van der Waals surface area contributed by atoms with E-state index in [4.69, 9.17) is 10.5 Å². The minimum absolute atomic E-state index is 0.0699. The fourth-order valence-corrected chi connectivity index (χ4v) is 1.67. The van der Waals surface area contributed by atoms with Crippen LogP contribution in [-0.2, 0) is 6.42 Å².